The van der Waals surface area contributed by atoms with Gasteiger partial charge in [-0.1, -0.05) is 6.92 Å². The van der Waals surface area contributed by atoms with Crippen molar-refractivity contribution in [2.75, 3.05) is 19.8 Å². The first-order chi connectivity index (χ1) is 4.81. The first-order valence-electron chi connectivity index (χ1n) is 3.45. The Kier molecular flexibility index (Phi) is 6.91. The maximum absolute atomic E-state index is 8.77. The van der Waals surface area contributed by atoms with Crippen LogP contribution in [0.4, 0.5) is 0 Å². The Hall–Kier alpha value is -0.120. The van der Waals surface area contributed by atoms with Crippen LogP contribution in [0, 0.1) is 6.42 Å². The van der Waals surface area contributed by atoms with Crippen molar-refractivity contribution in [2.24, 2.45) is 0 Å². The summed E-state index contributed by atoms with van der Waals surface area (Å²) >= 11 is 0. The van der Waals surface area contributed by atoms with Crippen LogP contribution in [0.1, 0.15) is 13.3 Å². The fourth-order valence-corrected chi connectivity index (χ4v) is 0.473. The third kappa shape index (κ3) is 6.01. The number of hydrogen-bond donors (Lipinski definition) is 2. The average Bonchev–Trinajstić information content (AvgIpc) is 1.98. The fourth-order valence-electron chi connectivity index (χ4n) is 0.473. The highest BCUT2D eigenvalue weighted by atomic mass is 16.5. The Balaban J connectivity index is 2.89. The molecule has 3 nitrogen and oxygen atoms in total. The lowest BCUT2D eigenvalue weighted by atomic mass is 10.3. The predicted octanol–water partition coefficient (Wildman–Crippen LogP) is -0.0295. The van der Waals surface area contributed by atoms with Gasteiger partial charge < -0.3 is 14.9 Å². The van der Waals surface area contributed by atoms with Crippen LogP contribution < -0.4 is 0 Å². The van der Waals surface area contributed by atoms with Gasteiger partial charge in [-0.25, -0.2) is 0 Å². The van der Waals surface area contributed by atoms with Gasteiger partial charge >= 0.3 is 0 Å². The second-order valence-corrected chi connectivity index (χ2v) is 2.11. The number of rotatable bonds is 6. The fraction of sp³-hybridized carbons (Fsp3) is 0.857. The van der Waals surface area contributed by atoms with E-state index in [1.165, 1.54) is 0 Å². The number of ether oxygens (including phenoxy) is 1. The van der Waals surface area contributed by atoms with Gasteiger partial charge in [-0.05, 0) is 12.8 Å². The Labute approximate surface area is 61.6 Å². The van der Waals surface area contributed by atoms with Crippen LogP contribution in [0.2, 0.25) is 0 Å². The summed E-state index contributed by atoms with van der Waals surface area (Å²) in [5.74, 6) is 0. The normalized spacial score (nSPS) is 13.5. The topological polar surface area (TPSA) is 49.7 Å². The maximum atomic E-state index is 8.77. The summed E-state index contributed by atoms with van der Waals surface area (Å²) < 4.78 is 4.99. The van der Waals surface area contributed by atoms with E-state index in [4.69, 9.17) is 14.9 Å². The Bertz CT molecular complexity index is 65.9. The molecule has 0 aromatic heterocycles. The van der Waals surface area contributed by atoms with E-state index in [9.17, 15) is 0 Å². The summed E-state index contributed by atoms with van der Waals surface area (Å²) in [6, 6.07) is 0. The molecule has 0 aromatic rings. The lowest BCUT2D eigenvalue weighted by Crippen LogP contribution is -2.19. The van der Waals surface area contributed by atoms with E-state index in [0.29, 0.717) is 6.61 Å². The molecular formula is C7H15O3. The van der Waals surface area contributed by atoms with E-state index in [-0.39, 0.29) is 13.2 Å². The minimum Gasteiger partial charge on any atom is -0.394 e. The van der Waals surface area contributed by atoms with Gasteiger partial charge in [0.05, 0.1) is 13.2 Å². The molecule has 0 aromatic carbocycles. The minimum absolute atomic E-state index is 0.226. The summed E-state index contributed by atoms with van der Waals surface area (Å²) in [5.41, 5.74) is 0. The van der Waals surface area contributed by atoms with Gasteiger partial charge in [-0.3, -0.25) is 0 Å². The van der Waals surface area contributed by atoms with Gasteiger partial charge in [0, 0.05) is 6.61 Å². The van der Waals surface area contributed by atoms with Crippen LogP contribution in [-0.4, -0.2) is 36.1 Å². The lowest BCUT2D eigenvalue weighted by Gasteiger charge is -2.06. The average molecular weight is 147 g/mol. The van der Waals surface area contributed by atoms with E-state index in [0.717, 1.165) is 6.42 Å². The number of unbranched alkanes of at least 4 members (excludes halogenated alkanes) is 1. The predicted molar refractivity (Wildman–Crippen MR) is 38.5 cm³/mol. The molecule has 1 radical (unpaired) electrons. The van der Waals surface area contributed by atoms with E-state index < -0.39 is 6.10 Å². The molecule has 1 unspecified atom stereocenters. The molecule has 0 spiro atoms. The number of aliphatic hydroxyl groups excluding tert-OH is 2. The summed E-state index contributed by atoms with van der Waals surface area (Å²) in [5, 5.41) is 17.1. The Morgan fingerprint density at radius 1 is 1.60 bits per heavy atom. The SMILES string of the molecule is C[CH]CCOCC(O)CO. The first kappa shape index (κ1) is 9.88. The minimum atomic E-state index is -0.725. The summed E-state index contributed by atoms with van der Waals surface area (Å²) in [6.45, 7) is 2.57. The Morgan fingerprint density at radius 2 is 2.30 bits per heavy atom. The maximum Gasteiger partial charge on any atom is 0.100 e. The van der Waals surface area contributed by atoms with Crippen molar-refractivity contribution in [3.05, 3.63) is 6.42 Å². The molecule has 0 saturated heterocycles. The van der Waals surface area contributed by atoms with Crippen molar-refractivity contribution in [3.8, 4) is 0 Å². The molecule has 0 saturated carbocycles. The van der Waals surface area contributed by atoms with Crippen LogP contribution in [0.15, 0.2) is 0 Å². The molecule has 0 aliphatic heterocycles. The molecule has 61 valence electrons. The third-order valence-corrected chi connectivity index (χ3v) is 1.07. The molecule has 0 amide bonds. The molecule has 0 rings (SSSR count). The van der Waals surface area contributed by atoms with E-state index >= 15 is 0 Å². The largest absolute Gasteiger partial charge is 0.394 e. The highest BCUT2D eigenvalue weighted by Gasteiger charge is 1.99. The highest BCUT2D eigenvalue weighted by molar-refractivity contribution is 4.54. The highest BCUT2D eigenvalue weighted by Crippen LogP contribution is 1.88. The van der Waals surface area contributed by atoms with Gasteiger partial charge in [0.2, 0.25) is 0 Å². The monoisotopic (exact) mass is 147 g/mol. The van der Waals surface area contributed by atoms with E-state index in [2.05, 4.69) is 0 Å². The second-order valence-electron chi connectivity index (χ2n) is 2.11. The number of aliphatic hydroxyl groups is 2. The molecule has 1 atom stereocenters. The standard InChI is InChI=1S/C7H15O3/c1-2-3-4-10-6-7(9)5-8/h2,7-9H,3-6H2,1H3. The van der Waals surface area contributed by atoms with Crippen LogP contribution >= 0.6 is 0 Å². The van der Waals surface area contributed by atoms with Crippen molar-refractivity contribution in [1.29, 1.82) is 0 Å². The zero-order valence-electron chi connectivity index (χ0n) is 6.29. The van der Waals surface area contributed by atoms with Crippen LogP contribution in [0.3, 0.4) is 0 Å². The van der Waals surface area contributed by atoms with Crippen molar-refractivity contribution in [2.45, 2.75) is 19.4 Å². The molecule has 0 heterocycles. The van der Waals surface area contributed by atoms with E-state index in [1.807, 2.05) is 13.3 Å². The quantitative estimate of drug-likeness (QED) is 0.519. The Morgan fingerprint density at radius 3 is 2.80 bits per heavy atom. The third-order valence-electron chi connectivity index (χ3n) is 1.07. The summed E-state index contributed by atoms with van der Waals surface area (Å²) in [7, 11) is 0. The van der Waals surface area contributed by atoms with Gasteiger partial charge in [0.15, 0.2) is 0 Å². The molecule has 0 aliphatic carbocycles. The van der Waals surface area contributed by atoms with Crippen molar-refractivity contribution in [3.63, 3.8) is 0 Å². The smallest absolute Gasteiger partial charge is 0.100 e. The zero-order valence-corrected chi connectivity index (χ0v) is 6.29. The van der Waals surface area contributed by atoms with Crippen LogP contribution in [0.25, 0.3) is 0 Å². The van der Waals surface area contributed by atoms with Gasteiger partial charge in [0.1, 0.15) is 6.10 Å². The molecular weight excluding hydrogens is 132 g/mol. The molecule has 10 heavy (non-hydrogen) atoms. The molecule has 0 fully saturated rings. The summed E-state index contributed by atoms with van der Waals surface area (Å²) in [6.07, 6.45) is 2.15. The zero-order chi connectivity index (χ0) is 7.82. The van der Waals surface area contributed by atoms with Crippen molar-refractivity contribution in [1.82, 2.24) is 0 Å². The molecule has 0 aliphatic rings. The van der Waals surface area contributed by atoms with Gasteiger partial charge in [-0.15, -0.1) is 0 Å². The molecule has 3 heteroatoms. The van der Waals surface area contributed by atoms with Crippen molar-refractivity contribution < 1.29 is 14.9 Å². The van der Waals surface area contributed by atoms with E-state index in [1.54, 1.807) is 0 Å². The van der Waals surface area contributed by atoms with Crippen LogP contribution in [-0.2, 0) is 4.74 Å². The summed E-state index contributed by atoms with van der Waals surface area (Å²) in [4.78, 5) is 0. The first-order valence-corrected chi connectivity index (χ1v) is 3.45. The lowest BCUT2D eigenvalue weighted by molar-refractivity contribution is 0.00709. The number of hydrogen-bond acceptors (Lipinski definition) is 3. The van der Waals surface area contributed by atoms with Gasteiger partial charge in [-0.2, -0.15) is 0 Å². The second kappa shape index (κ2) is 6.99. The molecule has 2 N–H and O–H groups in total. The van der Waals surface area contributed by atoms with Gasteiger partial charge in [0.25, 0.3) is 0 Å². The van der Waals surface area contributed by atoms with Crippen molar-refractivity contribution >= 4 is 0 Å². The van der Waals surface area contributed by atoms with Crippen LogP contribution in [0.5, 0.6) is 0 Å². The molecule has 0 bridgehead atoms.